The third-order valence-electron chi connectivity index (χ3n) is 1.25. The van der Waals surface area contributed by atoms with Gasteiger partial charge in [0, 0.05) is 19.4 Å². The van der Waals surface area contributed by atoms with Crippen molar-refractivity contribution in [1.29, 1.82) is 0 Å². The van der Waals surface area contributed by atoms with Crippen LogP contribution in [0.4, 0.5) is 0 Å². The Balaban J connectivity index is 2.65. The van der Waals surface area contributed by atoms with Crippen LogP contribution in [0.15, 0.2) is 18.6 Å². The van der Waals surface area contributed by atoms with Gasteiger partial charge >= 0.3 is 0 Å². The number of rotatable bonds is 1. The zero-order chi connectivity index (χ0) is 9.68. The number of hydrogen-bond donors (Lipinski definition) is 2. The summed E-state index contributed by atoms with van der Waals surface area (Å²) in [7, 11) is 1.72. The number of hydrogen-bond acceptors (Lipinski definition) is 4. The fraction of sp³-hybridized carbons (Fsp3) is 0.143. The largest absolute Gasteiger partial charge is 0.366 e. The van der Waals surface area contributed by atoms with Crippen molar-refractivity contribution in [2.45, 2.75) is 0 Å². The molecule has 0 saturated heterocycles. The molecule has 1 aromatic heterocycles. The number of thiocarbonyl (C=S) groups is 2. The Bertz CT molecular complexity index is 312. The normalized spacial score (nSPS) is 9.00. The smallest absolute Gasteiger partial charge is 0.171 e. The summed E-state index contributed by atoms with van der Waals surface area (Å²) in [6, 6.07) is 0. The van der Waals surface area contributed by atoms with Crippen molar-refractivity contribution in [1.82, 2.24) is 20.6 Å². The summed E-state index contributed by atoms with van der Waals surface area (Å²) in [5.41, 5.74) is 0.607. The molecule has 0 saturated carbocycles. The van der Waals surface area contributed by atoms with Gasteiger partial charge in [-0.05, 0) is 12.2 Å². The van der Waals surface area contributed by atoms with Gasteiger partial charge in [-0.2, -0.15) is 0 Å². The van der Waals surface area contributed by atoms with Crippen LogP contribution in [0.25, 0.3) is 0 Å². The van der Waals surface area contributed by atoms with Crippen molar-refractivity contribution in [3.05, 3.63) is 24.3 Å². The van der Waals surface area contributed by atoms with E-state index in [1.807, 2.05) is 0 Å². The second-order valence-corrected chi connectivity index (χ2v) is 2.94. The maximum Gasteiger partial charge on any atom is 0.171 e. The van der Waals surface area contributed by atoms with Crippen LogP contribution in [0.2, 0.25) is 0 Å². The molecule has 6 heteroatoms. The Morgan fingerprint density at radius 2 is 2.15 bits per heavy atom. The molecule has 0 unspecified atom stereocenters. The highest BCUT2D eigenvalue weighted by atomic mass is 32.1. The molecule has 0 aliphatic rings. The zero-order valence-corrected chi connectivity index (χ0v) is 8.58. The molecule has 1 rings (SSSR count). The van der Waals surface area contributed by atoms with Gasteiger partial charge in [-0.1, -0.05) is 12.2 Å². The first-order valence-electron chi connectivity index (χ1n) is 3.53. The molecule has 13 heavy (non-hydrogen) atoms. The molecule has 0 spiro atoms. The molecular formula is C7H8N4S2. The number of aromatic nitrogens is 2. The topological polar surface area (TPSA) is 49.8 Å². The Kier molecular flexibility index (Phi) is 3.66. The fourth-order valence-corrected chi connectivity index (χ4v) is 1.02. The quantitative estimate of drug-likeness (QED) is 0.651. The van der Waals surface area contributed by atoms with E-state index in [9.17, 15) is 0 Å². The van der Waals surface area contributed by atoms with E-state index in [1.54, 1.807) is 25.6 Å². The summed E-state index contributed by atoms with van der Waals surface area (Å²) in [5, 5.41) is 6.01. The predicted molar refractivity (Wildman–Crippen MR) is 58.5 cm³/mol. The van der Waals surface area contributed by atoms with E-state index in [1.165, 1.54) is 0 Å². The summed E-state index contributed by atoms with van der Waals surface area (Å²) in [6.07, 6.45) is 4.74. The molecule has 0 aliphatic heterocycles. The molecule has 4 nitrogen and oxygen atoms in total. The second-order valence-electron chi connectivity index (χ2n) is 2.12. The van der Waals surface area contributed by atoms with Crippen LogP contribution in [0.3, 0.4) is 0 Å². The Labute approximate surface area is 86.8 Å². The maximum absolute atomic E-state index is 5.02. The molecule has 0 fully saturated rings. The highest BCUT2D eigenvalue weighted by Crippen LogP contribution is 1.91. The van der Waals surface area contributed by atoms with Gasteiger partial charge in [-0.15, -0.1) is 0 Å². The van der Waals surface area contributed by atoms with Gasteiger partial charge in [-0.3, -0.25) is 9.97 Å². The molecule has 2 N–H and O–H groups in total. The van der Waals surface area contributed by atoms with Crippen LogP contribution in [-0.2, 0) is 0 Å². The SMILES string of the molecule is CNC(=S)NC(=S)c1cnccn1. The third-order valence-corrected chi connectivity index (χ3v) is 1.87. The number of nitrogens with zero attached hydrogens (tertiary/aromatic N) is 2. The molecule has 0 amide bonds. The van der Waals surface area contributed by atoms with Gasteiger partial charge in [0.15, 0.2) is 5.11 Å². The van der Waals surface area contributed by atoms with Gasteiger partial charge in [0.05, 0.1) is 6.20 Å². The predicted octanol–water partition coefficient (Wildman–Crippen LogP) is 0.246. The molecule has 0 bridgehead atoms. The standard InChI is InChI=1S/C7H8N4S2/c1-8-7(13)11-6(12)5-4-9-2-3-10-5/h2-4H,1H3,(H2,8,11,12,13). The lowest BCUT2D eigenvalue weighted by atomic mass is 10.4. The van der Waals surface area contributed by atoms with E-state index in [0.717, 1.165) is 0 Å². The van der Waals surface area contributed by atoms with Crippen molar-refractivity contribution in [2.75, 3.05) is 7.05 Å². The Morgan fingerprint density at radius 1 is 1.38 bits per heavy atom. The zero-order valence-electron chi connectivity index (χ0n) is 6.94. The van der Waals surface area contributed by atoms with E-state index in [4.69, 9.17) is 24.4 Å². The van der Waals surface area contributed by atoms with Gasteiger partial charge < -0.3 is 10.6 Å². The molecule has 0 aliphatic carbocycles. The molecule has 0 aromatic carbocycles. The van der Waals surface area contributed by atoms with Crippen molar-refractivity contribution < 1.29 is 0 Å². The monoisotopic (exact) mass is 212 g/mol. The Morgan fingerprint density at radius 3 is 2.69 bits per heavy atom. The van der Waals surface area contributed by atoms with Crippen LogP contribution in [0, 0.1) is 0 Å². The minimum atomic E-state index is 0.465. The lowest BCUT2D eigenvalue weighted by molar-refractivity contribution is 1.12. The number of nitrogens with one attached hydrogen (secondary N) is 2. The lowest BCUT2D eigenvalue weighted by Gasteiger charge is -2.06. The first-order chi connectivity index (χ1) is 6.24. The summed E-state index contributed by atoms with van der Waals surface area (Å²) in [6.45, 7) is 0. The highest BCUT2D eigenvalue weighted by molar-refractivity contribution is 7.82. The van der Waals surface area contributed by atoms with E-state index < -0.39 is 0 Å². The first-order valence-corrected chi connectivity index (χ1v) is 4.34. The fourth-order valence-electron chi connectivity index (χ4n) is 0.646. The summed E-state index contributed by atoms with van der Waals surface area (Å²) in [4.78, 5) is 8.36. The maximum atomic E-state index is 5.02. The molecule has 1 aromatic rings. The third kappa shape index (κ3) is 3.00. The van der Waals surface area contributed by atoms with Gasteiger partial charge in [0.2, 0.25) is 0 Å². The summed E-state index contributed by atoms with van der Waals surface area (Å²) in [5.74, 6) is 0. The summed E-state index contributed by atoms with van der Waals surface area (Å²) < 4.78 is 0. The van der Waals surface area contributed by atoms with Crippen molar-refractivity contribution in [2.24, 2.45) is 0 Å². The minimum Gasteiger partial charge on any atom is -0.366 e. The van der Waals surface area contributed by atoms with Crippen molar-refractivity contribution in [3.63, 3.8) is 0 Å². The first kappa shape index (κ1) is 9.94. The molecule has 1 heterocycles. The summed E-state index contributed by atoms with van der Waals surface area (Å²) >= 11 is 9.90. The van der Waals surface area contributed by atoms with Crippen molar-refractivity contribution in [3.8, 4) is 0 Å². The molecule has 68 valence electrons. The minimum absolute atomic E-state index is 0.465. The van der Waals surface area contributed by atoms with Crippen LogP contribution >= 0.6 is 24.4 Å². The Hall–Kier alpha value is -1.14. The van der Waals surface area contributed by atoms with Gasteiger partial charge in [0.25, 0.3) is 0 Å². The highest BCUT2D eigenvalue weighted by Gasteiger charge is 2.02. The van der Waals surface area contributed by atoms with Crippen LogP contribution in [0.1, 0.15) is 5.69 Å². The van der Waals surface area contributed by atoms with Crippen LogP contribution in [0.5, 0.6) is 0 Å². The van der Waals surface area contributed by atoms with Crippen LogP contribution in [-0.4, -0.2) is 27.1 Å². The molecule has 0 radical (unpaired) electrons. The van der Waals surface area contributed by atoms with E-state index in [-0.39, 0.29) is 0 Å². The van der Waals surface area contributed by atoms with E-state index >= 15 is 0 Å². The molecule has 0 atom stereocenters. The van der Waals surface area contributed by atoms with Gasteiger partial charge in [-0.25, -0.2) is 0 Å². The van der Waals surface area contributed by atoms with Crippen molar-refractivity contribution >= 4 is 34.5 Å². The molecular weight excluding hydrogens is 204 g/mol. The van der Waals surface area contributed by atoms with Crippen LogP contribution < -0.4 is 10.6 Å². The van der Waals surface area contributed by atoms with E-state index in [0.29, 0.717) is 15.8 Å². The van der Waals surface area contributed by atoms with Gasteiger partial charge in [0.1, 0.15) is 10.7 Å². The van der Waals surface area contributed by atoms with E-state index in [2.05, 4.69) is 20.6 Å². The average molecular weight is 212 g/mol. The average Bonchev–Trinajstić information content (AvgIpc) is 2.19. The lowest BCUT2D eigenvalue weighted by Crippen LogP contribution is -2.36. The second kappa shape index (κ2) is 4.78.